The van der Waals surface area contributed by atoms with E-state index < -0.39 is 5.97 Å². The molecule has 1 rings (SSSR count). The summed E-state index contributed by atoms with van der Waals surface area (Å²) >= 11 is 5.81. The van der Waals surface area contributed by atoms with Crippen molar-refractivity contribution in [3.8, 4) is 0 Å². The van der Waals surface area contributed by atoms with Crippen molar-refractivity contribution < 1.29 is 14.7 Å². The summed E-state index contributed by atoms with van der Waals surface area (Å²) in [7, 11) is 0. The van der Waals surface area contributed by atoms with E-state index in [2.05, 4.69) is 10.3 Å². The van der Waals surface area contributed by atoms with Crippen LogP contribution in [0.4, 0.5) is 5.82 Å². The van der Waals surface area contributed by atoms with E-state index in [1.54, 1.807) is 4.90 Å². The second kappa shape index (κ2) is 7.09. The number of anilines is 1. The molecule has 2 N–H and O–H groups in total. The SMILES string of the molecule is CCN(CC(=O)NC(C)C)c1cc(C(=O)O)cc(Cl)n1. The summed E-state index contributed by atoms with van der Waals surface area (Å²) in [6.07, 6.45) is 0. The quantitative estimate of drug-likeness (QED) is 0.783. The summed E-state index contributed by atoms with van der Waals surface area (Å²) in [6.45, 7) is 6.20. The molecule has 0 unspecified atom stereocenters. The zero-order chi connectivity index (χ0) is 15.3. The van der Waals surface area contributed by atoms with E-state index in [1.807, 2.05) is 20.8 Å². The van der Waals surface area contributed by atoms with Gasteiger partial charge in [-0.3, -0.25) is 4.79 Å². The van der Waals surface area contributed by atoms with Crippen LogP contribution in [-0.4, -0.2) is 41.1 Å². The molecule has 1 heterocycles. The van der Waals surface area contributed by atoms with Crippen molar-refractivity contribution in [3.05, 3.63) is 22.8 Å². The van der Waals surface area contributed by atoms with Crippen LogP contribution in [0.1, 0.15) is 31.1 Å². The molecule has 0 saturated heterocycles. The maximum Gasteiger partial charge on any atom is 0.335 e. The molecule has 0 aliphatic heterocycles. The maximum atomic E-state index is 11.8. The summed E-state index contributed by atoms with van der Waals surface area (Å²) in [5, 5.41) is 11.9. The number of nitrogens with one attached hydrogen (secondary N) is 1. The monoisotopic (exact) mass is 299 g/mol. The first-order valence-electron chi connectivity index (χ1n) is 6.28. The molecule has 110 valence electrons. The third-order valence-corrected chi connectivity index (χ3v) is 2.71. The van der Waals surface area contributed by atoms with Crippen molar-refractivity contribution >= 4 is 29.3 Å². The van der Waals surface area contributed by atoms with Gasteiger partial charge >= 0.3 is 5.97 Å². The highest BCUT2D eigenvalue weighted by molar-refractivity contribution is 6.29. The number of nitrogens with zero attached hydrogens (tertiary/aromatic N) is 2. The third-order valence-electron chi connectivity index (χ3n) is 2.52. The van der Waals surface area contributed by atoms with Gasteiger partial charge in [0.25, 0.3) is 0 Å². The molecular formula is C13H18ClN3O3. The highest BCUT2D eigenvalue weighted by atomic mass is 35.5. The van der Waals surface area contributed by atoms with Crippen LogP contribution in [-0.2, 0) is 4.79 Å². The lowest BCUT2D eigenvalue weighted by molar-refractivity contribution is -0.120. The highest BCUT2D eigenvalue weighted by Gasteiger charge is 2.15. The van der Waals surface area contributed by atoms with Gasteiger partial charge in [0.05, 0.1) is 12.1 Å². The topological polar surface area (TPSA) is 82.5 Å². The number of hydrogen-bond donors (Lipinski definition) is 2. The summed E-state index contributed by atoms with van der Waals surface area (Å²) in [5.41, 5.74) is 0.0442. The molecule has 0 aliphatic carbocycles. The Kier molecular flexibility index (Phi) is 5.76. The number of aromatic nitrogens is 1. The average molecular weight is 300 g/mol. The van der Waals surface area contributed by atoms with Crippen LogP contribution in [0.15, 0.2) is 12.1 Å². The Balaban J connectivity index is 2.94. The number of carboxylic acid groups (broad SMARTS) is 1. The number of halogens is 1. The number of rotatable bonds is 6. The van der Waals surface area contributed by atoms with E-state index in [4.69, 9.17) is 16.7 Å². The van der Waals surface area contributed by atoms with Crippen LogP contribution in [0.2, 0.25) is 5.15 Å². The van der Waals surface area contributed by atoms with E-state index in [9.17, 15) is 9.59 Å². The molecule has 0 atom stereocenters. The zero-order valence-corrected chi connectivity index (χ0v) is 12.4. The number of carboxylic acids is 1. The smallest absolute Gasteiger partial charge is 0.335 e. The zero-order valence-electron chi connectivity index (χ0n) is 11.7. The Labute approximate surface area is 122 Å². The molecule has 0 fully saturated rings. The van der Waals surface area contributed by atoms with Crippen molar-refractivity contribution in [1.82, 2.24) is 10.3 Å². The lowest BCUT2D eigenvalue weighted by Crippen LogP contribution is -2.40. The largest absolute Gasteiger partial charge is 0.478 e. The van der Waals surface area contributed by atoms with Crippen molar-refractivity contribution in [2.75, 3.05) is 18.0 Å². The maximum absolute atomic E-state index is 11.8. The fraction of sp³-hybridized carbons (Fsp3) is 0.462. The number of pyridine rings is 1. The van der Waals surface area contributed by atoms with E-state index in [0.717, 1.165) is 0 Å². The molecule has 0 radical (unpaired) electrons. The first-order chi connectivity index (χ1) is 9.33. The van der Waals surface area contributed by atoms with Crippen LogP contribution < -0.4 is 10.2 Å². The number of likely N-dealkylation sites (N-methyl/N-ethyl adjacent to an activating group) is 1. The molecule has 0 aliphatic rings. The van der Waals surface area contributed by atoms with Crippen LogP contribution in [0, 0.1) is 0 Å². The predicted molar refractivity (Wildman–Crippen MR) is 77.4 cm³/mol. The minimum atomic E-state index is -1.08. The van der Waals surface area contributed by atoms with Crippen molar-refractivity contribution in [2.45, 2.75) is 26.8 Å². The van der Waals surface area contributed by atoms with E-state index in [-0.39, 0.29) is 29.2 Å². The van der Waals surface area contributed by atoms with Crippen molar-refractivity contribution in [3.63, 3.8) is 0 Å². The fourth-order valence-corrected chi connectivity index (χ4v) is 1.87. The van der Waals surface area contributed by atoms with E-state index in [1.165, 1.54) is 12.1 Å². The Hall–Kier alpha value is -1.82. The Morgan fingerprint density at radius 2 is 2.10 bits per heavy atom. The normalized spacial score (nSPS) is 10.4. The lowest BCUT2D eigenvalue weighted by Gasteiger charge is -2.22. The van der Waals surface area contributed by atoms with Crippen molar-refractivity contribution in [2.24, 2.45) is 0 Å². The molecule has 0 bridgehead atoms. The predicted octanol–water partition coefficient (Wildman–Crippen LogP) is 1.78. The van der Waals surface area contributed by atoms with Crippen LogP contribution >= 0.6 is 11.6 Å². The van der Waals surface area contributed by atoms with Crippen LogP contribution in [0.3, 0.4) is 0 Å². The van der Waals surface area contributed by atoms with E-state index in [0.29, 0.717) is 12.4 Å². The lowest BCUT2D eigenvalue weighted by atomic mass is 10.2. The second-order valence-electron chi connectivity index (χ2n) is 4.58. The third kappa shape index (κ3) is 4.70. The molecule has 7 heteroatoms. The fourth-order valence-electron chi connectivity index (χ4n) is 1.66. The highest BCUT2D eigenvalue weighted by Crippen LogP contribution is 2.18. The molecule has 0 spiro atoms. The van der Waals surface area contributed by atoms with Crippen LogP contribution in [0.5, 0.6) is 0 Å². The Morgan fingerprint density at radius 3 is 2.60 bits per heavy atom. The molecule has 1 aromatic heterocycles. The van der Waals surface area contributed by atoms with Gasteiger partial charge in [0.1, 0.15) is 11.0 Å². The minimum absolute atomic E-state index is 0.0442. The standard InChI is InChI=1S/C13H18ClN3O3/c1-4-17(7-12(18)15-8(2)3)11-6-9(13(19)20)5-10(14)16-11/h5-6,8H,4,7H2,1-3H3,(H,15,18)(H,19,20). The number of carbonyl (C=O) groups is 2. The molecule has 0 aromatic carbocycles. The van der Waals surface area contributed by atoms with Gasteiger partial charge in [-0.05, 0) is 32.9 Å². The van der Waals surface area contributed by atoms with Gasteiger partial charge in [0.15, 0.2) is 0 Å². The summed E-state index contributed by atoms with van der Waals surface area (Å²) in [4.78, 5) is 28.5. The van der Waals surface area contributed by atoms with Gasteiger partial charge in [-0.15, -0.1) is 0 Å². The van der Waals surface area contributed by atoms with Gasteiger partial charge in [-0.25, -0.2) is 9.78 Å². The second-order valence-corrected chi connectivity index (χ2v) is 4.97. The number of carbonyl (C=O) groups excluding carboxylic acids is 1. The van der Waals surface area contributed by atoms with Gasteiger partial charge in [-0.1, -0.05) is 11.6 Å². The van der Waals surface area contributed by atoms with Crippen LogP contribution in [0.25, 0.3) is 0 Å². The summed E-state index contributed by atoms with van der Waals surface area (Å²) in [5.74, 6) is -0.866. The van der Waals surface area contributed by atoms with Gasteiger partial charge in [0.2, 0.25) is 5.91 Å². The molecule has 6 nitrogen and oxygen atoms in total. The Bertz CT molecular complexity index is 506. The van der Waals surface area contributed by atoms with Gasteiger partial charge in [-0.2, -0.15) is 0 Å². The first-order valence-corrected chi connectivity index (χ1v) is 6.66. The number of amides is 1. The van der Waals surface area contributed by atoms with Crippen molar-refractivity contribution in [1.29, 1.82) is 0 Å². The van der Waals surface area contributed by atoms with Gasteiger partial charge in [0, 0.05) is 12.6 Å². The number of aromatic carboxylic acids is 1. The number of hydrogen-bond acceptors (Lipinski definition) is 4. The summed E-state index contributed by atoms with van der Waals surface area (Å²) in [6, 6.07) is 2.72. The van der Waals surface area contributed by atoms with Gasteiger partial charge < -0.3 is 15.3 Å². The minimum Gasteiger partial charge on any atom is -0.478 e. The first kappa shape index (κ1) is 16.2. The summed E-state index contributed by atoms with van der Waals surface area (Å²) < 4.78 is 0. The average Bonchev–Trinajstić information content (AvgIpc) is 2.34. The molecular weight excluding hydrogens is 282 g/mol. The molecule has 0 saturated carbocycles. The molecule has 1 aromatic rings. The van der Waals surface area contributed by atoms with E-state index >= 15 is 0 Å². The Morgan fingerprint density at radius 1 is 1.45 bits per heavy atom. The molecule has 20 heavy (non-hydrogen) atoms. The molecule has 1 amide bonds.